The minimum absolute atomic E-state index is 0.169. The molecule has 2 aromatic carbocycles. The van der Waals surface area contributed by atoms with Crippen LogP contribution in [0.1, 0.15) is 23.6 Å². The van der Waals surface area contributed by atoms with Gasteiger partial charge in [0.2, 0.25) is 5.91 Å². The second-order valence-corrected chi connectivity index (χ2v) is 5.61. The van der Waals surface area contributed by atoms with Crippen LogP contribution in [-0.2, 0) is 11.4 Å². The number of benzene rings is 2. The normalized spacial score (nSPS) is 10.4. The highest BCUT2D eigenvalue weighted by atomic mass is 35.5. The highest BCUT2D eigenvalue weighted by Gasteiger charge is 2.11. The van der Waals surface area contributed by atoms with E-state index in [4.69, 9.17) is 33.2 Å². The number of halogens is 2. The Hall–Kier alpha value is -2.55. The van der Waals surface area contributed by atoms with Crippen molar-refractivity contribution < 1.29 is 9.53 Å². The first-order chi connectivity index (χ1) is 11.5. The van der Waals surface area contributed by atoms with Gasteiger partial charge in [-0.2, -0.15) is 10.4 Å². The van der Waals surface area contributed by atoms with Gasteiger partial charge in [0.25, 0.3) is 0 Å². The van der Waals surface area contributed by atoms with Crippen LogP contribution in [0.25, 0.3) is 0 Å². The van der Waals surface area contributed by atoms with E-state index in [0.29, 0.717) is 26.9 Å². The molecule has 0 radical (unpaired) electrons. The minimum Gasteiger partial charge on any atom is -0.486 e. The summed E-state index contributed by atoms with van der Waals surface area (Å²) in [7, 11) is 0. The molecule has 0 heterocycles. The van der Waals surface area contributed by atoms with Crippen molar-refractivity contribution >= 4 is 35.3 Å². The third-order valence-electron chi connectivity index (χ3n) is 2.97. The monoisotopic (exact) mass is 361 g/mol. The minimum atomic E-state index is -0.278. The third kappa shape index (κ3) is 4.72. The van der Waals surface area contributed by atoms with Crippen LogP contribution in [0.4, 0.5) is 0 Å². The molecule has 2 rings (SSSR count). The maximum Gasteiger partial charge on any atom is 0.236 e. The van der Waals surface area contributed by atoms with Crippen molar-refractivity contribution in [3.05, 3.63) is 63.1 Å². The summed E-state index contributed by atoms with van der Waals surface area (Å²) in [5.41, 5.74) is 4.17. The first-order valence-electron chi connectivity index (χ1n) is 6.90. The SMILES string of the molecule is CC(=O)N/N=C\c1cc(Cl)c(OCc2ccccc2C#N)c(Cl)c1. The zero-order valence-electron chi connectivity index (χ0n) is 12.7. The number of hydrogen-bond donors (Lipinski definition) is 1. The Balaban J connectivity index is 2.15. The smallest absolute Gasteiger partial charge is 0.236 e. The van der Waals surface area contributed by atoms with Gasteiger partial charge in [-0.05, 0) is 23.8 Å². The number of nitrogens with zero attached hydrogens (tertiary/aromatic N) is 2. The number of nitrogens with one attached hydrogen (secondary N) is 1. The molecule has 1 N–H and O–H groups in total. The Bertz CT molecular complexity index is 806. The Labute approximate surface area is 149 Å². The number of carbonyl (C=O) groups is 1. The molecule has 7 heteroatoms. The molecule has 24 heavy (non-hydrogen) atoms. The molecule has 0 bridgehead atoms. The zero-order valence-corrected chi connectivity index (χ0v) is 14.2. The summed E-state index contributed by atoms with van der Waals surface area (Å²) in [6.45, 7) is 1.52. The number of rotatable bonds is 5. The van der Waals surface area contributed by atoms with Gasteiger partial charge in [0.1, 0.15) is 6.61 Å². The third-order valence-corrected chi connectivity index (χ3v) is 3.53. The lowest BCUT2D eigenvalue weighted by Gasteiger charge is -2.11. The standard InChI is InChI=1S/C17H13Cl2N3O2/c1-11(23)22-21-9-12-6-15(18)17(16(19)7-12)24-10-14-5-3-2-4-13(14)8-20/h2-7,9H,10H2,1H3,(H,22,23)/b21-9-. The van der Waals surface area contributed by atoms with Crippen LogP contribution in [0.3, 0.4) is 0 Å². The molecule has 0 aliphatic carbocycles. The number of nitriles is 1. The molecule has 0 spiro atoms. The van der Waals surface area contributed by atoms with Gasteiger partial charge >= 0.3 is 0 Å². The molecule has 1 amide bonds. The molecule has 0 unspecified atom stereocenters. The molecule has 5 nitrogen and oxygen atoms in total. The predicted octanol–water partition coefficient (Wildman–Crippen LogP) is 3.91. The van der Waals surface area contributed by atoms with E-state index in [1.807, 2.05) is 6.07 Å². The molecule has 2 aromatic rings. The van der Waals surface area contributed by atoms with E-state index < -0.39 is 0 Å². The number of hydrazone groups is 1. The van der Waals surface area contributed by atoms with Gasteiger partial charge in [0, 0.05) is 12.5 Å². The summed E-state index contributed by atoms with van der Waals surface area (Å²) >= 11 is 12.4. The number of amides is 1. The lowest BCUT2D eigenvalue weighted by atomic mass is 10.1. The van der Waals surface area contributed by atoms with E-state index >= 15 is 0 Å². The van der Waals surface area contributed by atoms with Crippen molar-refractivity contribution in [2.75, 3.05) is 0 Å². The highest BCUT2D eigenvalue weighted by Crippen LogP contribution is 2.34. The first-order valence-corrected chi connectivity index (χ1v) is 7.66. The zero-order chi connectivity index (χ0) is 17.5. The lowest BCUT2D eigenvalue weighted by Crippen LogP contribution is -2.12. The second kappa shape index (κ2) is 8.34. The van der Waals surface area contributed by atoms with Crippen molar-refractivity contribution in [2.45, 2.75) is 13.5 Å². The maximum absolute atomic E-state index is 10.8. The summed E-state index contributed by atoms with van der Waals surface area (Å²) in [5, 5.41) is 13.4. The Morgan fingerprint density at radius 1 is 1.33 bits per heavy atom. The van der Waals surface area contributed by atoms with Crippen LogP contribution in [0.2, 0.25) is 10.0 Å². The van der Waals surface area contributed by atoms with E-state index in [1.54, 1.807) is 30.3 Å². The molecule has 0 saturated carbocycles. The highest BCUT2D eigenvalue weighted by molar-refractivity contribution is 6.37. The van der Waals surface area contributed by atoms with Crippen LogP contribution < -0.4 is 10.2 Å². The predicted molar refractivity (Wildman–Crippen MR) is 93.4 cm³/mol. The summed E-state index contributed by atoms with van der Waals surface area (Å²) in [5.74, 6) is 0.0438. The lowest BCUT2D eigenvalue weighted by molar-refractivity contribution is -0.118. The summed E-state index contributed by atoms with van der Waals surface area (Å²) in [6.07, 6.45) is 1.42. The molecule has 0 aliphatic rings. The number of ether oxygens (including phenoxy) is 1. The van der Waals surface area contributed by atoms with Gasteiger partial charge in [-0.3, -0.25) is 4.79 Å². The van der Waals surface area contributed by atoms with Gasteiger partial charge in [-0.25, -0.2) is 5.43 Å². The van der Waals surface area contributed by atoms with Crippen LogP contribution in [0.5, 0.6) is 5.75 Å². The van der Waals surface area contributed by atoms with Gasteiger partial charge in [0.05, 0.1) is 27.9 Å². The van der Waals surface area contributed by atoms with Crippen molar-refractivity contribution in [3.63, 3.8) is 0 Å². The van der Waals surface area contributed by atoms with E-state index in [1.165, 1.54) is 13.1 Å². The van der Waals surface area contributed by atoms with Crippen molar-refractivity contribution in [2.24, 2.45) is 5.10 Å². The van der Waals surface area contributed by atoms with Gasteiger partial charge in [-0.1, -0.05) is 41.4 Å². The molecule has 0 aliphatic heterocycles. The first kappa shape index (κ1) is 17.8. The van der Waals surface area contributed by atoms with E-state index in [0.717, 1.165) is 5.56 Å². The largest absolute Gasteiger partial charge is 0.486 e. The average Bonchev–Trinajstić information content (AvgIpc) is 2.54. The Morgan fingerprint density at radius 2 is 2.00 bits per heavy atom. The van der Waals surface area contributed by atoms with E-state index in [-0.39, 0.29) is 12.5 Å². The fourth-order valence-electron chi connectivity index (χ4n) is 1.89. The molecule has 0 aromatic heterocycles. The molecular weight excluding hydrogens is 349 g/mol. The molecule has 0 fully saturated rings. The summed E-state index contributed by atoms with van der Waals surface area (Å²) in [4.78, 5) is 10.8. The van der Waals surface area contributed by atoms with E-state index in [2.05, 4.69) is 16.6 Å². The fourth-order valence-corrected chi connectivity index (χ4v) is 2.51. The number of carbonyl (C=O) groups excluding carboxylic acids is 1. The quantitative estimate of drug-likeness (QED) is 0.647. The van der Waals surface area contributed by atoms with Crippen LogP contribution in [0.15, 0.2) is 41.5 Å². The average molecular weight is 362 g/mol. The van der Waals surface area contributed by atoms with Gasteiger partial charge < -0.3 is 4.74 Å². The Kier molecular flexibility index (Phi) is 6.19. The molecule has 0 saturated heterocycles. The number of hydrogen-bond acceptors (Lipinski definition) is 4. The topological polar surface area (TPSA) is 74.5 Å². The summed E-state index contributed by atoms with van der Waals surface area (Å²) in [6, 6.07) is 12.5. The van der Waals surface area contributed by atoms with Gasteiger partial charge in [-0.15, -0.1) is 0 Å². The maximum atomic E-state index is 10.8. The summed E-state index contributed by atoms with van der Waals surface area (Å²) < 4.78 is 5.66. The molecular formula is C17H13Cl2N3O2. The van der Waals surface area contributed by atoms with E-state index in [9.17, 15) is 4.79 Å². The van der Waals surface area contributed by atoms with Crippen LogP contribution >= 0.6 is 23.2 Å². The molecule has 0 atom stereocenters. The van der Waals surface area contributed by atoms with Crippen molar-refractivity contribution in [1.82, 2.24) is 5.43 Å². The second-order valence-electron chi connectivity index (χ2n) is 4.80. The van der Waals surface area contributed by atoms with Crippen molar-refractivity contribution in [3.8, 4) is 11.8 Å². The Morgan fingerprint density at radius 3 is 2.62 bits per heavy atom. The fraction of sp³-hybridized carbons (Fsp3) is 0.118. The van der Waals surface area contributed by atoms with Crippen LogP contribution in [-0.4, -0.2) is 12.1 Å². The van der Waals surface area contributed by atoms with Gasteiger partial charge in [0.15, 0.2) is 5.75 Å². The molecule has 122 valence electrons. The van der Waals surface area contributed by atoms with Crippen LogP contribution in [0, 0.1) is 11.3 Å². The van der Waals surface area contributed by atoms with Crippen molar-refractivity contribution in [1.29, 1.82) is 5.26 Å².